The molecule has 10 nitrogen and oxygen atoms in total. The number of hydrogen-bond acceptors (Lipinski definition) is 10. The van der Waals surface area contributed by atoms with Gasteiger partial charge in [0, 0.05) is 74.9 Å². The molecule has 0 saturated carbocycles. The van der Waals surface area contributed by atoms with Gasteiger partial charge < -0.3 is 0 Å². The average molecular weight is 1540 g/mol. The van der Waals surface area contributed by atoms with Crippen molar-refractivity contribution in [2.75, 3.05) is 0 Å². The Kier molecular flexibility index (Phi) is 21.2. The second kappa shape index (κ2) is 34.4. The van der Waals surface area contributed by atoms with Crippen LogP contribution in [0.2, 0.25) is 0 Å². The van der Waals surface area contributed by atoms with Gasteiger partial charge in [0.1, 0.15) is 0 Å². The van der Waals surface area contributed by atoms with Gasteiger partial charge in [-0.15, -0.1) is 0 Å². The summed E-state index contributed by atoms with van der Waals surface area (Å²) in [7, 11) is 0. The van der Waals surface area contributed by atoms with Crippen LogP contribution in [0.25, 0.3) is 202 Å². The van der Waals surface area contributed by atoms with E-state index in [1.165, 1.54) is 0 Å². The first kappa shape index (κ1) is 73.8. The Balaban J connectivity index is 0.000000159. The van der Waals surface area contributed by atoms with Gasteiger partial charge in [-0.3, -0.25) is 19.9 Å². The van der Waals surface area contributed by atoms with E-state index in [4.69, 9.17) is 49.8 Å². The van der Waals surface area contributed by atoms with Gasteiger partial charge in [0.05, 0.1) is 68.3 Å². The third-order valence-electron chi connectivity index (χ3n) is 21.3. The molecule has 20 rings (SSSR count). The van der Waals surface area contributed by atoms with Gasteiger partial charge in [-0.1, -0.05) is 358 Å². The fraction of sp³-hybridized carbons (Fsp3) is 0. The van der Waals surface area contributed by atoms with Gasteiger partial charge in [-0.05, 0) is 139 Å². The molecule has 8 aromatic heterocycles. The van der Waals surface area contributed by atoms with Crippen LogP contribution in [-0.4, -0.2) is 49.8 Å². The summed E-state index contributed by atoms with van der Waals surface area (Å²) in [6.07, 6.45) is 7.54. The van der Waals surface area contributed by atoms with Crippen LogP contribution in [0.15, 0.2) is 449 Å². The second-order valence-corrected chi connectivity index (χ2v) is 29.1. The molecule has 8 heterocycles. The molecule has 0 unspecified atom stereocenters. The number of hydrogen-bond donors (Lipinski definition) is 0. The van der Waals surface area contributed by atoms with Gasteiger partial charge in [0.15, 0.2) is 11.6 Å². The highest BCUT2D eigenvalue weighted by molar-refractivity contribution is 5.85. The van der Waals surface area contributed by atoms with Crippen molar-refractivity contribution in [3.8, 4) is 202 Å². The molecule has 0 N–H and O–H groups in total. The summed E-state index contributed by atoms with van der Waals surface area (Å²) < 4.78 is 0. The van der Waals surface area contributed by atoms with Crippen LogP contribution >= 0.6 is 0 Å². The monoisotopic (exact) mass is 1530 g/mol. The molecule has 0 fully saturated rings. The minimum atomic E-state index is 0.694. The van der Waals surface area contributed by atoms with Crippen LogP contribution in [0.5, 0.6) is 0 Å². The number of aromatic nitrogens is 10. The number of rotatable bonds is 18. The first-order chi connectivity index (χ1) is 59.4. The minimum Gasteiger partial charge on any atom is -0.255 e. The van der Waals surface area contributed by atoms with Crippen molar-refractivity contribution >= 4 is 0 Å². The largest absolute Gasteiger partial charge is 0.255 e. The van der Waals surface area contributed by atoms with Gasteiger partial charge in [-0.25, -0.2) is 29.9 Å². The Morgan fingerprint density at radius 3 is 0.750 bits per heavy atom. The molecule has 10 heteroatoms. The van der Waals surface area contributed by atoms with Gasteiger partial charge in [-0.2, -0.15) is 0 Å². The van der Waals surface area contributed by atoms with Crippen molar-refractivity contribution < 1.29 is 0 Å². The quantitative estimate of drug-likeness (QED) is 0.0819. The molecule has 0 atom stereocenters. The lowest BCUT2D eigenvalue weighted by molar-refractivity contribution is 1.18. The van der Waals surface area contributed by atoms with E-state index in [2.05, 4.69) is 303 Å². The number of nitrogens with zero attached hydrogens (tertiary/aromatic N) is 10. The van der Waals surface area contributed by atoms with Gasteiger partial charge in [0.2, 0.25) is 0 Å². The van der Waals surface area contributed by atoms with Gasteiger partial charge in [0.25, 0.3) is 0 Å². The van der Waals surface area contributed by atoms with Crippen LogP contribution in [0, 0.1) is 0 Å². The summed E-state index contributed by atoms with van der Waals surface area (Å²) in [5, 5.41) is 0. The van der Waals surface area contributed by atoms with E-state index in [9.17, 15) is 0 Å². The van der Waals surface area contributed by atoms with Crippen molar-refractivity contribution in [3.05, 3.63) is 449 Å². The Bertz CT molecular complexity index is 6780. The van der Waals surface area contributed by atoms with E-state index in [-0.39, 0.29) is 0 Å². The third kappa shape index (κ3) is 16.7. The van der Waals surface area contributed by atoms with Crippen LogP contribution in [-0.2, 0) is 0 Å². The summed E-state index contributed by atoms with van der Waals surface area (Å²) in [5.74, 6) is 1.39. The first-order valence-electron chi connectivity index (χ1n) is 39.9. The predicted octanol–water partition coefficient (Wildman–Crippen LogP) is 27.3. The van der Waals surface area contributed by atoms with E-state index in [1.807, 2.05) is 146 Å². The highest BCUT2D eigenvalue weighted by Crippen LogP contribution is 2.39. The molecule has 0 spiro atoms. The zero-order chi connectivity index (χ0) is 80.2. The van der Waals surface area contributed by atoms with Crippen LogP contribution in [0.1, 0.15) is 0 Å². The summed E-state index contributed by atoms with van der Waals surface area (Å²) in [5.41, 5.74) is 33.5. The molecule has 20 aromatic rings. The van der Waals surface area contributed by atoms with E-state index in [0.29, 0.717) is 11.6 Å². The SMILES string of the molecule is c1ccc(-c2cc(-c3ccc(-c4ccc(-c5ccc(-c6nc(-c7ccccc7)cc(-c7ccccc7)n6)cc5)cc4)cn3)nc(-c3ncccc3-c3ccccc3)c2)cc1.c1ccc(-c2ccnc(-c3cc(-c4ccccc4)cc(-c4ccc(-c5ccc(-c6ccc(-c7nc(-c8ccccc8)cc(-c8ccccc8)n7)cc6)cc5)cn4)n3)c2)cc1. The van der Waals surface area contributed by atoms with E-state index >= 15 is 0 Å². The Morgan fingerprint density at radius 1 is 0.125 bits per heavy atom. The fourth-order valence-corrected chi connectivity index (χ4v) is 15.0. The highest BCUT2D eigenvalue weighted by Gasteiger charge is 2.19. The summed E-state index contributed by atoms with van der Waals surface area (Å²) in [6.45, 7) is 0. The molecule has 0 radical (unpaired) electrons. The molecule has 0 aliphatic heterocycles. The maximum Gasteiger partial charge on any atom is 0.160 e. The molecule has 120 heavy (non-hydrogen) atoms. The molecular weight excluding hydrogens is 1460 g/mol. The van der Waals surface area contributed by atoms with E-state index < -0.39 is 0 Å². The standard InChI is InChI=1S/2C55H37N5/c1-5-14-38(15-6-1)47-34-52(58-53(35-47)54-48(22-13-33-56-54)42-16-7-2-8-17-42)49-32-31-46(37-57-49)41-25-23-39(24-26-41)40-27-29-45(30-28-40)55-59-50(43-18-9-3-10-19-43)36-51(60-55)44-20-11-4-12-21-44;1-5-13-38(14-6-1)46-31-32-56-52(33-46)54-35-48(39-15-7-2-8-16-39)34-53(58-54)49-30-29-47(37-57-49)42-23-21-40(22-24-42)41-25-27-45(28-26-41)55-59-50(43-17-9-3-10-18-43)36-51(60-55)44-19-11-4-12-20-44/h2*1-37H. The average Bonchev–Trinajstić information content (AvgIpc) is 0.792. The topological polar surface area (TPSA) is 129 Å². The lowest BCUT2D eigenvalue weighted by Crippen LogP contribution is -1.96. The smallest absolute Gasteiger partial charge is 0.160 e. The molecule has 0 saturated heterocycles. The van der Waals surface area contributed by atoms with E-state index in [1.54, 1.807) is 0 Å². The van der Waals surface area contributed by atoms with Crippen LogP contribution in [0.4, 0.5) is 0 Å². The lowest BCUT2D eigenvalue weighted by Gasteiger charge is -2.13. The maximum atomic E-state index is 5.16. The lowest BCUT2D eigenvalue weighted by atomic mass is 9.98. The summed E-state index contributed by atoms with van der Waals surface area (Å²) in [6, 6.07) is 146. The van der Waals surface area contributed by atoms with Crippen molar-refractivity contribution in [2.45, 2.75) is 0 Å². The normalized spacial score (nSPS) is 11.0. The Morgan fingerprint density at radius 2 is 0.400 bits per heavy atom. The molecule has 0 amide bonds. The predicted molar refractivity (Wildman–Crippen MR) is 489 cm³/mol. The molecule has 564 valence electrons. The van der Waals surface area contributed by atoms with Gasteiger partial charge >= 0.3 is 0 Å². The summed E-state index contributed by atoms with van der Waals surface area (Å²) in [4.78, 5) is 49.7. The summed E-state index contributed by atoms with van der Waals surface area (Å²) >= 11 is 0. The second-order valence-electron chi connectivity index (χ2n) is 29.1. The molecule has 0 bridgehead atoms. The van der Waals surface area contributed by atoms with Crippen molar-refractivity contribution in [2.24, 2.45) is 0 Å². The first-order valence-corrected chi connectivity index (χ1v) is 39.9. The van der Waals surface area contributed by atoms with Crippen LogP contribution in [0.3, 0.4) is 0 Å². The molecular formula is C110H74N10. The van der Waals surface area contributed by atoms with E-state index in [0.717, 1.165) is 191 Å². The fourth-order valence-electron chi connectivity index (χ4n) is 15.0. The Hall–Kier alpha value is -16.3. The third-order valence-corrected chi connectivity index (χ3v) is 21.3. The molecule has 0 aliphatic carbocycles. The van der Waals surface area contributed by atoms with Crippen molar-refractivity contribution in [1.82, 2.24) is 49.8 Å². The maximum absolute atomic E-state index is 5.16. The number of benzene rings is 12. The molecule has 0 aliphatic rings. The van der Waals surface area contributed by atoms with Crippen LogP contribution < -0.4 is 0 Å². The zero-order valence-corrected chi connectivity index (χ0v) is 65.2. The number of pyridine rings is 6. The molecule has 12 aromatic carbocycles. The zero-order valence-electron chi connectivity index (χ0n) is 65.2. The highest BCUT2D eigenvalue weighted by atomic mass is 14.9. The van der Waals surface area contributed by atoms with Crippen molar-refractivity contribution in [1.29, 1.82) is 0 Å². The Labute approximate surface area is 697 Å². The van der Waals surface area contributed by atoms with Crippen molar-refractivity contribution in [3.63, 3.8) is 0 Å². The minimum absolute atomic E-state index is 0.694.